The lowest BCUT2D eigenvalue weighted by Crippen LogP contribution is -2.31. The Labute approximate surface area is 117 Å². The van der Waals surface area contributed by atoms with Gasteiger partial charge in [0.1, 0.15) is 17.2 Å². The van der Waals surface area contributed by atoms with E-state index in [1.807, 2.05) is 0 Å². The summed E-state index contributed by atoms with van der Waals surface area (Å²) in [6.45, 7) is 0.964. The Kier molecular flexibility index (Phi) is 6.74. The Morgan fingerprint density at radius 3 is 2.40 bits per heavy atom. The van der Waals surface area contributed by atoms with E-state index >= 15 is 0 Å². The number of anilines is 1. The number of urea groups is 1. The highest BCUT2D eigenvalue weighted by molar-refractivity contribution is 5.92. The fourth-order valence-corrected chi connectivity index (χ4v) is 1.58. The van der Waals surface area contributed by atoms with E-state index in [1.54, 1.807) is 18.2 Å². The average Bonchev–Trinajstić information content (AvgIpc) is 2.47. The summed E-state index contributed by atoms with van der Waals surface area (Å²) >= 11 is 0. The molecule has 0 fully saturated rings. The standard InChI is InChI=1S/C13H19N3O4/c1-19-10-5-3-6-11(20-2)12(10)16-13(18)15-8-4-7-14-9-17/h3,5-6,9H,4,7-8H2,1-2H3,(H,14,17)(H2,15,16,18). The number of hydrogen-bond donors (Lipinski definition) is 3. The lowest BCUT2D eigenvalue weighted by atomic mass is 10.2. The number of benzene rings is 1. The first kappa shape index (κ1) is 15.6. The van der Waals surface area contributed by atoms with Gasteiger partial charge in [-0.25, -0.2) is 4.79 Å². The summed E-state index contributed by atoms with van der Waals surface area (Å²) in [5, 5.41) is 7.87. The van der Waals surface area contributed by atoms with Gasteiger partial charge in [-0.05, 0) is 18.6 Å². The van der Waals surface area contributed by atoms with E-state index in [0.29, 0.717) is 43.1 Å². The minimum atomic E-state index is -0.362. The summed E-state index contributed by atoms with van der Waals surface area (Å²) in [5.41, 5.74) is 0.473. The van der Waals surface area contributed by atoms with Crippen LogP contribution < -0.4 is 25.4 Å². The molecule has 0 aromatic heterocycles. The highest BCUT2D eigenvalue weighted by Gasteiger charge is 2.12. The molecule has 0 radical (unpaired) electrons. The summed E-state index contributed by atoms with van der Waals surface area (Å²) in [6, 6.07) is 4.86. The minimum absolute atomic E-state index is 0.362. The first-order valence-corrected chi connectivity index (χ1v) is 6.15. The molecule has 7 heteroatoms. The molecule has 0 heterocycles. The van der Waals surface area contributed by atoms with Crippen LogP contribution in [-0.2, 0) is 4.79 Å². The molecule has 0 bridgehead atoms. The van der Waals surface area contributed by atoms with Gasteiger partial charge < -0.3 is 25.4 Å². The molecule has 0 unspecified atom stereocenters. The van der Waals surface area contributed by atoms with Crippen molar-refractivity contribution in [3.8, 4) is 11.5 Å². The second kappa shape index (κ2) is 8.63. The van der Waals surface area contributed by atoms with Crippen molar-refractivity contribution in [2.24, 2.45) is 0 Å². The highest BCUT2D eigenvalue weighted by atomic mass is 16.5. The zero-order chi connectivity index (χ0) is 14.8. The van der Waals surface area contributed by atoms with Crippen molar-refractivity contribution >= 4 is 18.1 Å². The van der Waals surface area contributed by atoms with E-state index in [1.165, 1.54) is 14.2 Å². The molecule has 0 atom stereocenters. The summed E-state index contributed by atoms with van der Waals surface area (Å²) < 4.78 is 10.3. The van der Waals surface area contributed by atoms with Gasteiger partial charge in [0.05, 0.1) is 14.2 Å². The summed E-state index contributed by atoms with van der Waals surface area (Å²) in [6.07, 6.45) is 1.27. The molecule has 7 nitrogen and oxygen atoms in total. The highest BCUT2D eigenvalue weighted by Crippen LogP contribution is 2.33. The van der Waals surface area contributed by atoms with E-state index in [4.69, 9.17) is 9.47 Å². The predicted molar refractivity (Wildman–Crippen MR) is 75.3 cm³/mol. The molecule has 0 spiro atoms. The molecule has 0 aliphatic carbocycles. The van der Waals surface area contributed by atoms with Crippen LogP contribution in [0.2, 0.25) is 0 Å². The molecule has 0 aliphatic heterocycles. The van der Waals surface area contributed by atoms with Gasteiger partial charge in [-0.1, -0.05) is 6.07 Å². The number of hydrogen-bond acceptors (Lipinski definition) is 4. The number of carbonyl (C=O) groups excluding carboxylic acids is 2. The van der Waals surface area contributed by atoms with Gasteiger partial charge in [-0.3, -0.25) is 4.79 Å². The second-order valence-corrected chi connectivity index (χ2v) is 3.84. The molecule has 110 valence electrons. The molecule has 1 aromatic carbocycles. The fourth-order valence-electron chi connectivity index (χ4n) is 1.58. The van der Waals surface area contributed by atoms with Crippen LogP contribution in [0.5, 0.6) is 11.5 Å². The van der Waals surface area contributed by atoms with E-state index in [0.717, 1.165) is 0 Å². The molecule has 3 N–H and O–H groups in total. The normalized spacial score (nSPS) is 9.50. The first-order chi connectivity index (χ1) is 9.72. The number of nitrogens with one attached hydrogen (secondary N) is 3. The Hall–Kier alpha value is -2.44. The SMILES string of the molecule is COc1cccc(OC)c1NC(=O)NCCCNC=O. The van der Waals surface area contributed by atoms with Gasteiger partial charge in [0.25, 0.3) is 0 Å². The second-order valence-electron chi connectivity index (χ2n) is 3.84. The maximum absolute atomic E-state index is 11.8. The summed E-state index contributed by atoms with van der Waals surface area (Å²) in [7, 11) is 3.03. The monoisotopic (exact) mass is 281 g/mol. The van der Waals surface area contributed by atoms with Crippen LogP contribution in [0.1, 0.15) is 6.42 Å². The van der Waals surface area contributed by atoms with Gasteiger partial charge in [-0.15, -0.1) is 0 Å². The molecule has 20 heavy (non-hydrogen) atoms. The third kappa shape index (κ3) is 4.68. The van der Waals surface area contributed by atoms with E-state index in [2.05, 4.69) is 16.0 Å². The summed E-state index contributed by atoms with van der Waals surface area (Å²) in [5.74, 6) is 1.03. The van der Waals surface area contributed by atoms with E-state index in [-0.39, 0.29) is 6.03 Å². The Bertz CT molecular complexity index is 429. The molecule has 1 aromatic rings. The molecule has 0 saturated carbocycles. The number of carbonyl (C=O) groups is 2. The Morgan fingerprint density at radius 1 is 1.20 bits per heavy atom. The van der Waals surface area contributed by atoms with Crippen LogP contribution in [-0.4, -0.2) is 39.8 Å². The summed E-state index contributed by atoms with van der Waals surface area (Å²) in [4.78, 5) is 21.8. The van der Waals surface area contributed by atoms with Crippen molar-refractivity contribution in [3.05, 3.63) is 18.2 Å². The fraction of sp³-hybridized carbons (Fsp3) is 0.385. The number of rotatable bonds is 8. The molecular formula is C13H19N3O4. The third-order valence-electron chi connectivity index (χ3n) is 2.53. The van der Waals surface area contributed by atoms with Gasteiger partial charge in [0, 0.05) is 13.1 Å². The first-order valence-electron chi connectivity index (χ1n) is 6.15. The Balaban J connectivity index is 2.54. The molecule has 3 amide bonds. The lowest BCUT2D eigenvalue weighted by Gasteiger charge is -2.14. The van der Waals surface area contributed by atoms with Gasteiger partial charge in [-0.2, -0.15) is 0 Å². The van der Waals surface area contributed by atoms with Crippen LogP contribution in [0.25, 0.3) is 0 Å². The van der Waals surface area contributed by atoms with Crippen LogP contribution >= 0.6 is 0 Å². The number of ether oxygens (including phenoxy) is 2. The average molecular weight is 281 g/mol. The predicted octanol–water partition coefficient (Wildman–Crippen LogP) is 0.961. The van der Waals surface area contributed by atoms with Crippen molar-refractivity contribution < 1.29 is 19.1 Å². The number of para-hydroxylation sites is 1. The maximum atomic E-state index is 11.8. The van der Waals surface area contributed by atoms with Gasteiger partial charge in [0.2, 0.25) is 6.41 Å². The van der Waals surface area contributed by atoms with Gasteiger partial charge >= 0.3 is 6.03 Å². The molecule has 0 saturated heterocycles. The zero-order valence-corrected chi connectivity index (χ0v) is 11.6. The van der Waals surface area contributed by atoms with Crippen LogP contribution in [0.3, 0.4) is 0 Å². The van der Waals surface area contributed by atoms with Crippen LogP contribution in [0, 0.1) is 0 Å². The number of amides is 3. The lowest BCUT2D eigenvalue weighted by molar-refractivity contribution is -0.109. The molecular weight excluding hydrogens is 262 g/mol. The smallest absolute Gasteiger partial charge is 0.319 e. The quantitative estimate of drug-likeness (QED) is 0.489. The van der Waals surface area contributed by atoms with Crippen molar-refractivity contribution in [1.29, 1.82) is 0 Å². The van der Waals surface area contributed by atoms with Crippen molar-refractivity contribution in [2.75, 3.05) is 32.6 Å². The molecule has 0 aliphatic rings. The minimum Gasteiger partial charge on any atom is -0.494 e. The van der Waals surface area contributed by atoms with Crippen LogP contribution in [0.15, 0.2) is 18.2 Å². The number of methoxy groups -OCH3 is 2. The third-order valence-corrected chi connectivity index (χ3v) is 2.53. The Morgan fingerprint density at radius 2 is 1.85 bits per heavy atom. The largest absolute Gasteiger partial charge is 0.494 e. The van der Waals surface area contributed by atoms with Crippen molar-refractivity contribution in [1.82, 2.24) is 10.6 Å². The molecule has 1 rings (SSSR count). The van der Waals surface area contributed by atoms with Crippen LogP contribution in [0.4, 0.5) is 10.5 Å². The van der Waals surface area contributed by atoms with Crippen molar-refractivity contribution in [2.45, 2.75) is 6.42 Å². The maximum Gasteiger partial charge on any atom is 0.319 e. The van der Waals surface area contributed by atoms with E-state index in [9.17, 15) is 9.59 Å². The topological polar surface area (TPSA) is 88.7 Å². The van der Waals surface area contributed by atoms with Crippen molar-refractivity contribution in [3.63, 3.8) is 0 Å². The van der Waals surface area contributed by atoms with E-state index < -0.39 is 0 Å². The zero-order valence-electron chi connectivity index (χ0n) is 11.6. The van der Waals surface area contributed by atoms with Gasteiger partial charge in [0.15, 0.2) is 0 Å².